The van der Waals surface area contributed by atoms with Gasteiger partial charge in [-0.1, -0.05) is 96.5 Å². The molecule has 0 amide bonds. The first-order valence-corrected chi connectivity index (χ1v) is 12.6. The second kappa shape index (κ2) is 18.1. The van der Waals surface area contributed by atoms with Gasteiger partial charge in [-0.25, -0.2) is 0 Å². The van der Waals surface area contributed by atoms with Crippen molar-refractivity contribution in [2.24, 2.45) is 0 Å². The van der Waals surface area contributed by atoms with Crippen molar-refractivity contribution >= 4 is 5.78 Å². The van der Waals surface area contributed by atoms with Crippen molar-refractivity contribution in [3.8, 4) is 11.5 Å². The maximum atomic E-state index is 12.1. The molecule has 4 heteroatoms. The number of ketones is 1. The van der Waals surface area contributed by atoms with Gasteiger partial charge in [-0.3, -0.25) is 4.79 Å². The SMILES string of the molecule is CCCCCCCCCCCCCCC[C@H](O)CC(=O)CCc1ccc(O)c(OC)c1. The van der Waals surface area contributed by atoms with E-state index < -0.39 is 6.10 Å². The summed E-state index contributed by atoms with van der Waals surface area (Å²) in [5.74, 6) is 0.618. The molecule has 0 aliphatic rings. The van der Waals surface area contributed by atoms with Crippen LogP contribution in [0.4, 0.5) is 0 Å². The number of Topliss-reactive ketones (excluding diaryl/α,β-unsaturated/α-hetero) is 1. The molecule has 0 heterocycles. The molecule has 0 aliphatic carbocycles. The zero-order valence-corrected chi connectivity index (χ0v) is 20.0. The molecule has 0 aliphatic heterocycles. The maximum Gasteiger partial charge on any atom is 0.160 e. The van der Waals surface area contributed by atoms with Crippen LogP contribution >= 0.6 is 0 Å². The summed E-state index contributed by atoms with van der Waals surface area (Å²) < 4.78 is 5.09. The Kier molecular flexibility index (Phi) is 16.0. The summed E-state index contributed by atoms with van der Waals surface area (Å²) in [5.41, 5.74) is 0.953. The number of rotatable bonds is 20. The van der Waals surface area contributed by atoms with Crippen molar-refractivity contribution in [3.05, 3.63) is 23.8 Å². The molecule has 31 heavy (non-hydrogen) atoms. The van der Waals surface area contributed by atoms with Gasteiger partial charge in [0.15, 0.2) is 11.5 Å². The van der Waals surface area contributed by atoms with E-state index in [0.717, 1.165) is 24.8 Å². The van der Waals surface area contributed by atoms with Gasteiger partial charge in [0.2, 0.25) is 0 Å². The van der Waals surface area contributed by atoms with Crippen molar-refractivity contribution in [3.63, 3.8) is 0 Å². The normalized spacial score (nSPS) is 12.1. The van der Waals surface area contributed by atoms with Gasteiger partial charge in [0, 0.05) is 12.8 Å². The van der Waals surface area contributed by atoms with Crippen LogP contribution in [0.25, 0.3) is 0 Å². The summed E-state index contributed by atoms with van der Waals surface area (Å²) in [4.78, 5) is 12.1. The molecular formula is C27H46O4. The summed E-state index contributed by atoms with van der Waals surface area (Å²) >= 11 is 0. The van der Waals surface area contributed by atoms with Gasteiger partial charge in [-0.2, -0.15) is 0 Å². The van der Waals surface area contributed by atoms with Gasteiger partial charge in [0.05, 0.1) is 13.2 Å². The average Bonchev–Trinajstić information content (AvgIpc) is 2.76. The Bertz CT molecular complexity index is 585. The lowest BCUT2D eigenvalue weighted by molar-refractivity contribution is -0.121. The first kappa shape index (κ1) is 27.5. The molecular weight excluding hydrogens is 388 g/mol. The highest BCUT2D eigenvalue weighted by Crippen LogP contribution is 2.26. The second-order valence-electron chi connectivity index (χ2n) is 8.93. The van der Waals surface area contributed by atoms with E-state index >= 15 is 0 Å². The zero-order chi connectivity index (χ0) is 22.7. The van der Waals surface area contributed by atoms with E-state index in [0.29, 0.717) is 18.6 Å². The Morgan fingerprint density at radius 1 is 0.903 bits per heavy atom. The first-order valence-electron chi connectivity index (χ1n) is 12.6. The average molecular weight is 435 g/mol. The molecule has 178 valence electrons. The number of phenolic OH excluding ortho intramolecular Hbond substituents is 1. The second-order valence-corrected chi connectivity index (χ2v) is 8.93. The highest BCUT2D eigenvalue weighted by atomic mass is 16.5. The number of hydrogen-bond acceptors (Lipinski definition) is 4. The lowest BCUT2D eigenvalue weighted by atomic mass is 10.00. The predicted molar refractivity (Wildman–Crippen MR) is 129 cm³/mol. The summed E-state index contributed by atoms with van der Waals surface area (Å²) in [6, 6.07) is 5.14. The lowest BCUT2D eigenvalue weighted by Crippen LogP contribution is -2.14. The van der Waals surface area contributed by atoms with E-state index in [1.807, 2.05) is 0 Å². The number of methoxy groups -OCH3 is 1. The quantitative estimate of drug-likeness (QED) is 0.214. The summed E-state index contributed by atoms with van der Waals surface area (Å²) in [6.07, 6.45) is 18.5. The minimum absolute atomic E-state index is 0.0919. The number of carbonyl (C=O) groups is 1. The molecule has 0 saturated carbocycles. The first-order chi connectivity index (χ1) is 15.1. The number of hydrogen-bond donors (Lipinski definition) is 2. The number of aliphatic hydroxyl groups excluding tert-OH is 1. The van der Waals surface area contributed by atoms with Crippen LogP contribution in [0.1, 0.15) is 115 Å². The molecule has 0 fully saturated rings. The van der Waals surface area contributed by atoms with Gasteiger partial charge in [0.1, 0.15) is 5.78 Å². The van der Waals surface area contributed by atoms with Crippen LogP contribution in [0.3, 0.4) is 0 Å². The number of benzene rings is 1. The number of aliphatic hydroxyl groups is 1. The Morgan fingerprint density at radius 3 is 2.00 bits per heavy atom. The Balaban J connectivity index is 1.97. The fourth-order valence-corrected chi connectivity index (χ4v) is 4.03. The third-order valence-corrected chi connectivity index (χ3v) is 6.04. The number of phenols is 1. The fourth-order valence-electron chi connectivity index (χ4n) is 4.03. The minimum Gasteiger partial charge on any atom is -0.504 e. The van der Waals surface area contributed by atoms with Crippen molar-refractivity contribution in [1.29, 1.82) is 0 Å². The summed E-state index contributed by atoms with van der Waals surface area (Å²) in [6.45, 7) is 2.26. The fraction of sp³-hybridized carbons (Fsp3) is 0.741. The minimum atomic E-state index is -0.519. The molecule has 1 aromatic rings. The summed E-state index contributed by atoms with van der Waals surface area (Å²) in [5, 5.41) is 19.8. The van der Waals surface area contributed by atoms with Crippen molar-refractivity contribution < 1.29 is 19.7 Å². The molecule has 1 aromatic carbocycles. The number of ether oxygens (including phenoxy) is 1. The summed E-state index contributed by atoms with van der Waals surface area (Å²) in [7, 11) is 1.51. The third-order valence-electron chi connectivity index (χ3n) is 6.04. The molecule has 0 spiro atoms. The van der Waals surface area contributed by atoms with Gasteiger partial charge < -0.3 is 14.9 Å². The smallest absolute Gasteiger partial charge is 0.160 e. The molecule has 1 rings (SSSR count). The van der Waals surface area contributed by atoms with Gasteiger partial charge in [-0.15, -0.1) is 0 Å². The predicted octanol–water partition coefficient (Wildman–Crippen LogP) is 7.13. The molecule has 0 unspecified atom stereocenters. The van der Waals surface area contributed by atoms with E-state index in [4.69, 9.17) is 4.74 Å². The third kappa shape index (κ3) is 14.2. The van der Waals surface area contributed by atoms with Crippen molar-refractivity contribution in [2.45, 2.75) is 122 Å². The Morgan fingerprint density at radius 2 is 1.45 bits per heavy atom. The van der Waals surface area contributed by atoms with Gasteiger partial charge in [0.25, 0.3) is 0 Å². The van der Waals surface area contributed by atoms with E-state index in [1.165, 1.54) is 77.7 Å². The Hall–Kier alpha value is -1.55. The highest BCUT2D eigenvalue weighted by molar-refractivity contribution is 5.79. The van der Waals surface area contributed by atoms with Gasteiger partial charge in [-0.05, 0) is 30.5 Å². The Labute approximate surface area is 190 Å². The number of aryl methyl sites for hydroxylation is 1. The molecule has 0 aromatic heterocycles. The van der Waals surface area contributed by atoms with Crippen LogP contribution in [0, 0.1) is 0 Å². The number of unbranched alkanes of at least 4 members (excludes halogenated alkanes) is 12. The van der Waals surface area contributed by atoms with E-state index in [-0.39, 0.29) is 18.0 Å². The molecule has 4 nitrogen and oxygen atoms in total. The topological polar surface area (TPSA) is 66.8 Å². The van der Waals surface area contributed by atoms with Crippen LogP contribution in [-0.2, 0) is 11.2 Å². The van der Waals surface area contributed by atoms with Crippen molar-refractivity contribution in [1.82, 2.24) is 0 Å². The molecule has 0 bridgehead atoms. The highest BCUT2D eigenvalue weighted by Gasteiger charge is 2.11. The van der Waals surface area contributed by atoms with Crippen LogP contribution in [-0.4, -0.2) is 29.2 Å². The van der Waals surface area contributed by atoms with Crippen LogP contribution < -0.4 is 4.74 Å². The molecule has 2 N–H and O–H groups in total. The largest absolute Gasteiger partial charge is 0.504 e. The zero-order valence-electron chi connectivity index (χ0n) is 20.0. The van der Waals surface area contributed by atoms with Crippen LogP contribution in [0.2, 0.25) is 0 Å². The maximum absolute atomic E-state index is 12.1. The van der Waals surface area contributed by atoms with E-state index in [2.05, 4.69) is 6.92 Å². The van der Waals surface area contributed by atoms with Crippen LogP contribution in [0.15, 0.2) is 18.2 Å². The molecule has 0 saturated heterocycles. The number of carbonyl (C=O) groups excluding carboxylic acids is 1. The number of aromatic hydroxyl groups is 1. The van der Waals surface area contributed by atoms with Crippen LogP contribution in [0.5, 0.6) is 11.5 Å². The molecule has 1 atom stereocenters. The van der Waals surface area contributed by atoms with Gasteiger partial charge >= 0.3 is 0 Å². The van der Waals surface area contributed by atoms with Crippen molar-refractivity contribution in [2.75, 3.05) is 7.11 Å². The monoisotopic (exact) mass is 434 g/mol. The van der Waals surface area contributed by atoms with E-state index in [9.17, 15) is 15.0 Å². The standard InChI is InChI=1S/C27H46O4/c1-3-4-5-6-7-8-9-10-11-12-13-14-15-16-24(28)22-25(29)19-17-23-18-20-26(30)27(21-23)31-2/h18,20-21,24,28,30H,3-17,19,22H2,1-2H3/t24-/m0/s1. The lowest BCUT2D eigenvalue weighted by Gasteiger charge is -2.10. The molecule has 0 radical (unpaired) electrons. The van der Waals surface area contributed by atoms with E-state index in [1.54, 1.807) is 18.2 Å².